The van der Waals surface area contributed by atoms with Gasteiger partial charge < -0.3 is 9.73 Å². The summed E-state index contributed by atoms with van der Waals surface area (Å²) in [6.07, 6.45) is 4.61. The molecule has 1 aromatic rings. The maximum Gasteiger partial charge on any atom is 0.105 e. The zero-order chi connectivity index (χ0) is 11.9. The predicted octanol–water partition coefficient (Wildman–Crippen LogP) is 2.74. The third kappa shape index (κ3) is 4.99. The maximum atomic E-state index is 8.84. The molecule has 0 bridgehead atoms. The van der Waals surface area contributed by atoms with Crippen molar-refractivity contribution in [1.82, 2.24) is 5.32 Å². The molecule has 0 aliphatic rings. The molecule has 3 heteroatoms. The lowest BCUT2D eigenvalue weighted by Crippen LogP contribution is -2.20. The minimum atomic E-state index is -0.192. The molecule has 1 N–H and O–H groups in total. The number of nitriles is 1. The third-order valence-electron chi connectivity index (χ3n) is 2.59. The van der Waals surface area contributed by atoms with Crippen molar-refractivity contribution in [1.29, 1.82) is 5.26 Å². The number of nitrogens with zero attached hydrogens (tertiary/aromatic N) is 1. The molecule has 0 fully saturated rings. The van der Waals surface area contributed by atoms with Crippen LogP contribution in [0.5, 0.6) is 0 Å². The van der Waals surface area contributed by atoms with E-state index in [1.165, 1.54) is 0 Å². The summed E-state index contributed by atoms with van der Waals surface area (Å²) in [4.78, 5) is 0. The van der Waals surface area contributed by atoms with Gasteiger partial charge in [-0.3, -0.25) is 0 Å². The first kappa shape index (κ1) is 12.8. The fourth-order valence-corrected chi connectivity index (χ4v) is 1.50. The summed E-state index contributed by atoms with van der Waals surface area (Å²) < 4.78 is 5.23. The highest BCUT2D eigenvalue weighted by atomic mass is 16.3. The van der Waals surface area contributed by atoms with E-state index in [-0.39, 0.29) is 5.41 Å². The molecule has 0 aliphatic heterocycles. The van der Waals surface area contributed by atoms with Gasteiger partial charge in [-0.05, 0) is 45.4 Å². The SMILES string of the molecule is CC(C)(C#N)CCCNCCc1ccco1. The molecule has 0 unspecified atom stereocenters. The Morgan fingerprint density at radius 3 is 2.88 bits per heavy atom. The van der Waals surface area contributed by atoms with Crippen LogP contribution in [-0.4, -0.2) is 13.1 Å². The van der Waals surface area contributed by atoms with E-state index < -0.39 is 0 Å². The summed E-state index contributed by atoms with van der Waals surface area (Å²) in [6.45, 7) is 5.86. The van der Waals surface area contributed by atoms with Gasteiger partial charge in [0.2, 0.25) is 0 Å². The average Bonchev–Trinajstić information content (AvgIpc) is 2.76. The smallest absolute Gasteiger partial charge is 0.105 e. The lowest BCUT2D eigenvalue weighted by Gasteiger charge is -2.14. The minimum absolute atomic E-state index is 0.192. The van der Waals surface area contributed by atoms with Crippen LogP contribution in [0.3, 0.4) is 0 Å². The van der Waals surface area contributed by atoms with Crippen LogP contribution >= 0.6 is 0 Å². The lowest BCUT2D eigenvalue weighted by molar-refractivity contribution is 0.424. The second-order valence-corrected chi connectivity index (χ2v) is 4.68. The molecule has 0 aliphatic carbocycles. The Hall–Kier alpha value is -1.27. The molecule has 0 saturated heterocycles. The molecule has 0 spiro atoms. The van der Waals surface area contributed by atoms with Crippen molar-refractivity contribution >= 4 is 0 Å². The third-order valence-corrected chi connectivity index (χ3v) is 2.59. The highest BCUT2D eigenvalue weighted by Crippen LogP contribution is 2.19. The first-order valence-electron chi connectivity index (χ1n) is 5.78. The van der Waals surface area contributed by atoms with Gasteiger partial charge >= 0.3 is 0 Å². The van der Waals surface area contributed by atoms with E-state index in [1.54, 1.807) is 6.26 Å². The Morgan fingerprint density at radius 2 is 2.25 bits per heavy atom. The van der Waals surface area contributed by atoms with Crippen LogP contribution in [0.2, 0.25) is 0 Å². The summed E-state index contributed by atoms with van der Waals surface area (Å²) in [7, 11) is 0. The number of rotatable bonds is 7. The summed E-state index contributed by atoms with van der Waals surface area (Å²) in [5.41, 5.74) is -0.192. The van der Waals surface area contributed by atoms with Crippen LogP contribution < -0.4 is 5.32 Å². The molecule has 3 nitrogen and oxygen atoms in total. The van der Waals surface area contributed by atoms with Crippen molar-refractivity contribution in [2.24, 2.45) is 5.41 Å². The fraction of sp³-hybridized carbons (Fsp3) is 0.615. The van der Waals surface area contributed by atoms with Gasteiger partial charge in [0.15, 0.2) is 0 Å². The summed E-state index contributed by atoms with van der Waals surface area (Å²) in [5, 5.41) is 12.2. The number of furan rings is 1. The van der Waals surface area contributed by atoms with E-state index in [0.717, 1.165) is 38.1 Å². The van der Waals surface area contributed by atoms with E-state index in [1.807, 2.05) is 26.0 Å². The van der Waals surface area contributed by atoms with E-state index in [0.29, 0.717) is 0 Å². The summed E-state index contributed by atoms with van der Waals surface area (Å²) in [6, 6.07) is 6.21. The Balaban J connectivity index is 1.99. The van der Waals surface area contributed by atoms with Crippen LogP contribution in [0, 0.1) is 16.7 Å². The van der Waals surface area contributed by atoms with Crippen LogP contribution in [-0.2, 0) is 6.42 Å². The van der Waals surface area contributed by atoms with Gasteiger partial charge in [-0.25, -0.2) is 0 Å². The molecular weight excluding hydrogens is 200 g/mol. The second kappa shape index (κ2) is 6.34. The maximum absolute atomic E-state index is 8.84. The van der Waals surface area contributed by atoms with Crippen molar-refractivity contribution in [2.45, 2.75) is 33.1 Å². The van der Waals surface area contributed by atoms with Gasteiger partial charge in [-0.1, -0.05) is 0 Å². The van der Waals surface area contributed by atoms with Crippen LogP contribution in [0.4, 0.5) is 0 Å². The molecule has 1 aromatic heterocycles. The van der Waals surface area contributed by atoms with Crippen molar-refractivity contribution in [3.8, 4) is 6.07 Å². The quantitative estimate of drug-likeness (QED) is 0.719. The molecule has 0 radical (unpaired) electrons. The van der Waals surface area contributed by atoms with E-state index >= 15 is 0 Å². The lowest BCUT2D eigenvalue weighted by atomic mass is 9.90. The molecule has 1 rings (SSSR count). The highest BCUT2D eigenvalue weighted by Gasteiger charge is 2.15. The molecule has 0 saturated carbocycles. The molecule has 0 amide bonds. The topological polar surface area (TPSA) is 49.0 Å². The molecule has 0 aromatic carbocycles. The van der Waals surface area contributed by atoms with Gasteiger partial charge in [-0.15, -0.1) is 0 Å². The first-order chi connectivity index (χ1) is 7.64. The Bertz CT molecular complexity index is 322. The molecular formula is C13H20N2O. The Kier molecular flexibility index (Phi) is 5.07. The van der Waals surface area contributed by atoms with E-state index in [2.05, 4.69) is 11.4 Å². The van der Waals surface area contributed by atoms with Crippen LogP contribution in [0.25, 0.3) is 0 Å². The van der Waals surface area contributed by atoms with Gasteiger partial charge in [0, 0.05) is 13.0 Å². The van der Waals surface area contributed by atoms with E-state index in [4.69, 9.17) is 9.68 Å². The Morgan fingerprint density at radius 1 is 1.44 bits per heavy atom. The molecule has 88 valence electrons. The zero-order valence-electron chi connectivity index (χ0n) is 10.1. The summed E-state index contributed by atoms with van der Waals surface area (Å²) in [5.74, 6) is 1.02. The minimum Gasteiger partial charge on any atom is -0.469 e. The van der Waals surface area contributed by atoms with Crippen LogP contribution in [0.1, 0.15) is 32.4 Å². The summed E-state index contributed by atoms with van der Waals surface area (Å²) >= 11 is 0. The highest BCUT2D eigenvalue weighted by molar-refractivity contribution is 4.98. The number of hydrogen-bond acceptors (Lipinski definition) is 3. The van der Waals surface area contributed by atoms with Crippen LogP contribution in [0.15, 0.2) is 22.8 Å². The molecule has 16 heavy (non-hydrogen) atoms. The fourth-order valence-electron chi connectivity index (χ4n) is 1.50. The van der Waals surface area contributed by atoms with Gasteiger partial charge in [0.05, 0.1) is 17.7 Å². The van der Waals surface area contributed by atoms with Crippen molar-refractivity contribution in [3.63, 3.8) is 0 Å². The second-order valence-electron chi connectivity index (χ2n) is 4.68. The van der Waals surface area contributed by atoms with Gasteiger partial charge in [0.25, 0.3) is 0 Å². The van der Waals surface area contributed by atoms with Gasteiger partial charge in [0.1, 0.15) is 5.76 Å². The average molecular weight is 220 g/mol. The largest absolute Gasteiger partial charge is 0.469 e. The van der Waals surface area contributed by atoms with Crippen molar-refractivity contribution in [3.05, 3.63) is 24.2 Å². The van der Waals surface area contributed by atoms with Crippen molar-refractivity contribution < 1.29 is 4.42 Å². The van der Waals surface area contributed by atoms with E-state index in [9.17, 15) is 0 Å². The molecule has 1 heterocycles. The Labute approximate surface area is 97.5 Å². The van der Waals surface area contributed by atoms with Gasteiger partial charge in [-0.2, -0.15) is 5.26 Å². The molecule has 0 atom stereocenters. The first-order valence-corrected chi connectivity index (χ1v) is 5.78. The predicted molar refractivity (Wildman–Crippen MR) is 63.9 cm³/mol. The van der Waals surface area contributed by atoms with Crippen molar-refractivity contribution in [2.75, 3.05) is 13.1 Å². The normalized spacial score (nSPS) is 11.3. The monoisotopic (exact) mass is 220 g/mol. The number of hydrogen-bond donors (Lipinski definition) is 1. The standard InChI is InChI=1S/C13H20N2O/c1-13(2,11-14)7-4-8-15-9-6-12-5-3-10-16-12/h3,5,10,15H,4,6-9H2,1-2H3. The zero-order valence-corrected chi connectivity index (χ0v) is 10.1. The number of nitrogens with one attached hydrogen (secondary N) is 1.